The Morgan fingerprint density at radius 1 is 1.10 bits per heavy atom. The zero-order valence-corrected chi connectivity index (χ0v) is 14.8. The predicted molar refractivity (Wildman–Crippen MR) is 91.6 cm³/mol. The molecule has 0 aliphatic heterocycles. The van der Waals surface area contributed by atoms with Gasteiger partial charge in [-0.25, -0.2) is 0 Å². The first kappa shape index (κ1) is 21.2. The summed E-state index contributed by atoms with van der Waals surface area (Å²) < 4.78 is 0. The molecule has 1 aromatic rings. The standard InChI is InChI=1S/C15H22O.2C2H6/c1-5-7-15-13(10-12(4)16)8-6-9-14(15)11(2)3;2*1-2/h6,8-9,11H,5,7,10H2,1-4H3;2*1-2H3. The molecule has 0 bridgehead atoms. The van der Waals surface area contributed by atoms with Gasteiger partial charge in [-0.05, 0) is 36.0 Å². The van der Waals surface area contributed by atoms with Crippen molar-refractivity contribution in [1.82, 2.24) is 0 Å². The lowest BCUT2D eigenvalue weighted by atomic mass is 9.89. The van der Waals surface area contributed by atoms with Crippen LogP contribution in [-0.2, 0) is 17.6 Å². The summed E-state index contributed by atoms with van der Waals surface area (Å²) in [5, 5.41) is 0. The Morgan fingerprint density at radius 2 is 1.65 bits per heavy atom. The van der Waals surface area contributed by atoms with E-state index in [2.05, 4.69) is 39.0 Å². The maximum absolute atomic E-state index is 11.3. The van der Waals surface area contributed by atoms with Gasteiger partial charge in [-0.3, -0.25) is 4.79 Å². The van der Waals surface area contributed by atoms with E-state index in [1.54, 1.807) is 6.92 Å². The molecular formula is C19H34O. The number of rotatable bonds is 5. The molecular weight excluding hydrogens is 244 g/mol. The third-order valence-corrected chi connectivity index (χ3v) is 2.87. The summed E-state index contributed by atoms with van der Waals surface area (Å²) in [5.41, 5.74) is 4.02. The van der Waals surface area contributed by atoms with Gasteiger partial charge in [0.2, 0.25) is 0 Å². The second kappa shape index (κ2) is 12.9. The fraction of sp³-hybridized carbons (Fsp3) is 0.632. The van der Waals surface area contributed by atoms with Crippen molar-refractivity contribution in [2.45, 2.75) is 80.6 Å². The van der Waals surface area contributed by atoms with Gasteiger partial charge in [-0.2, -0.15) is 0 Å². The van der Waals surface area contributed by atoms with Gasteiger partial charge in [0.05, 0.1) is 0 Å². The van der Waals surface area contributed by atoms with Crippen LogP contribution < -0.4 is 0 Å². The van der Waals surface area contributed by atoms with Crippen LogP contribution in [-0.4, -0.2) is 5.78 Å². The summed E-state index contributed by atoms with van der Waals surface area (Å²) in [6.45, 7) is 16.3. The average Bonchev–Trinajstić information content (AvgIpc) is 2.44. The van der Waals surface area contributed by atoms with E-state index in [1.807, 2.05) is 27.7 Å². The maximum Gasteiger partial charge on any atom is 0.134 e. The van der Waals surface area contributed by atoms with Crippen LogP contribution >= 0.6 is 0 Å². The number of hydrogen-bond donors (Lipinski definition) is 0. The Bertz CT molecular complexity index is 364. The SMILES string of the molecule is CC.CC.CCCc1c(CC(C)=O)cccc1C(C)C. The lowest BCUT2D eigenvalue weighted by Crippen LogP contribution is -2.05. The Hall–Kier alpha value is -1.11. The minimum Gasteiger partial charge on any atom is -0.300 e. The molecule has 0 unspecified atom stereocenters. The zero-order valence-electron chi connectivity index (χ0n) is 14.8. The minimum atomic E-state index is 0.248. The minimum absolute atomic E-state index is 0.248. The summed E-state index contributed by atoms with van der Waals surface area (Å²) in [6, 6.07) is 6.37. The van der Waals surface area contributed by atoms with Gasteiger partial charge in [-0.15, -0.1) is 0 Å². The van der Waals surface area contributed by atoms with Gasteiger partial charge in [0.25, 0.3) is 0 Å². The Labute approximate surface area is 126 Å². The van der Waals surface area contributed by atoms with Crippen LogP contribution in [0.15, 0.2) is 18.2 Å². The van der Waals surface area contributed by atoms with Crippen LogP contribution in [0.5, 0.6) is 0 Å². The molecule has 0 amide bonds. The highest BCUT2D eigenvalue weighted by molar-refractivity contribution is 5.78. The van der Waals surface area contributed by atoms with Crippen molar-refractivity contribution in [2.75, 3.05) is 0 Å². The van der Waals surface area contributed by atoms with Gasteiger partial charge in [0.1, 0.15) is 5.78 Å². The van der Waals surface area contributed by atoms with Crippen LogP contribution in [0.2, 0.25) is 0 Å². The number of Topliss-reactive ketones (excluding diaryl/α,β-unsaturated/α-hetero) is 1. The quantitative estimate of drug-likeness (QED) is 0.650. The summed E-state index contributed by atoms with van der Waals surface area (Å²) in [5.74, 6) is 0.784. The van der Waals surface area contributed by atoms with Crippen LogP contribution in [0.3, 0.4) is 0 Å². The number of benzene rings is 1. The molecule has 0 spiro atoms. The fourth-order valence-electron chi connectivity index (χ4n) is 2.18. The van der Waals surface area contributed by atoms with Gasteiger partial charge in [0.15, 0.2) is 0 Å². The molecule has 0 aliphatic carbocycles. The van der Waals surface area contributed by atoms with E-state index in [-0.39, 0.29) is 5.78 Å². The molecule has 0 saturated heterocycles. The molecule has 1 nitrogen and oxygen atoms in total. The summed E-state index contributed by atoms with van der Waals surface area (Å²) in [7, 11) is 0. The largest absolute Gasteiger partial charge is 0.300 e. The highest BCUT2D eigenvalue weighted by Crippen LogP contribution is 2.24. The molecule has 1 rings (SSSR count). The van der Waals surface area contributed by atoms with E-state index in [9.17, 15) is 4.79 Å². The van der Waals surface area contributed by atoms with Crippen molar-refractivity contribution in [3.8, 4) is 0 Å². The van der Waals surface area contributed by atoms with Gasteiger partial charge >= 0.3 is 0 Å². The molecule has 116 valence electrons. The zero-order chi connectivity index (χ0) is 16.1. The summed E-state index contributed by atoms with van der Waals surface area (Å²) >= 11 is 0. The first-order chi connectivity index (χ1) is 9.56. The van der Waals surface area contributed by atoms with Crippen LogP contribution in [0.1, 0.15) is 84.4 Å². The fourth-order valence-corrected chi connectivity index (χ4v) is 2.18. The molecule has 0 N–H and O–H groups in total. The van der Waals surface area contributed by atoms with E-state index in [0.717, 1.165) is 12.8 Å². The number of carbonyl (C=O) groups is 1. The molecule has 1 heteroatoms. The highest BCUT2D eigenvalue weighted by Gasteiger charge is 2.11. The van der Waals surface area contributed by atoms with E-state index >= 15 is 0 Å². The lowest BCUT2D eigenvalue weighted by Gasteiger charge is -2.16. The highest BCUT2D eigenvalue weighted by atomic mass is 16.1. The van der Waals surface area contributed by atoms with Crippen molar-refractivity contribution in [2.24, 2.45) is 0 Å². The monoisotopic (exact) mass is 278 g/mol. The third kappa shape index (κ3) is 7.47. The van der Waals surface area contributed by atoms with Crippen molar-refractivity contribution in [3.05, 3.63) is 34.9 Å². The topological polar surface area (TPSA) is 17.1 Å². The number of hydrogen-bond acceptors (Lipinski definition) is 1. The Kier molecular flexibility index (Phi) is 13.7. The van der Waals surface area contributed by atoms with Gasteiger partial charge in [0, 0.05) is 6.42 Å². The molecule has 0 heterocycles. The van der Waals surface area contributed by atoms with Crippen molar-refractivity contribution < 1.29 is 4.79 Å². The second-order valence-corrected chi connectivity index (χ2v) is 4.77. The molecule has 1 aromatic carbocycles. The number of carbonyl (C=O) groups excluding carboxylic acids is 1. The van der Waals surface area contributed by atoms with Crippen LogP contribution in [0.25, 0.3) is 0 Å². The average molecular weight is 278 g/mol. The summed E-state index contributed by atoms with van der Waals surface area (Å²) in [4.78, 5) is 11.3. The van der Waals surface area contributed by atoms with E-state index in [1.165, 1.54) is 16.7 Å². The van der Waals surface area contributed by atoms with E-state index in [4.69, 9.17) is 0 Å². The smallest absolute Gasteiger partial charge is 0.134 e. The predicted octanol–water partition coefficient (Wildman–Crippen LogP) is 5.95. The summed E-state index contributed by atoms with van der Waals surface area (Å²) in [6.07, 6.45) is 2.79. The normalized spacial score (nSPS) is 9.25. The van der Waals surface area contributed by atoms with E-state index in [0.29, 0.717) is 12.3 Å². The maximum atomic E-state index is 11.3. The lowest BCUT2D eigenvalue weighted by molar-refractivity contribution is -0.116. The molecule has 0 radical (unpaired) electrons. The van der Waals surface area contributed by atoms with Crippen LogP contribution in [0, 0.1) is 0 Å². The Morgan fingerprint density at radius 3 is 2.05 bits per heavy atom. The molecule has 0 atom stereocenters. The number of ketones is 1. The van der Waals surface area contributed by atoms with Crippen LogP contribution in [0.4, 0.5) is 0 Å². The van der Waals surface area contributed by atoms with E-state index < -0.39 is 0 Å². The molecule has 0 aliphatic rings. The molecule has 20 heavy (non-hydrogen) atoms. The second-order valence-electron chi connectivity index (χ2n) is 4.77. The van der Waals surface area contributed by atoms with Crippen molar-refractivity contribution in [3.63, 3.8) is 0 Å². The van der Waals surface area contributed by atoms with Crippen molar-refractivity contribution in [1.29, 1.82) is 0 Å². The molecule has 0 aromatic heterocycles. The van der Waals surface area contributed by atoms with Gasteiger partial charge < -0.3 is 0 Å². The molecule has 0 saturated carbocycles. The first-order valence-electron chi connectivity index (χ1n) is 8.16. The van der Waals surface area contributed by atoms with Gasteiger partial charge in [-0.1, -0.05) is 73.1 Å². The molecule has 0 fully saturated rings. The van der Waals surface area contributed by atoms with Crippen molar-refractivity contribution >= 4 is 5.78 Å². The third-order valence-electron chi connectivity index (χ3n) is 2.87. The first-order valence-corrected chi connectivity index (χ1v) is 8.16. The Balaban J connectivity index is 0.